The predicted molar refractivity (Wildman–Crippen MR) is 79.0 cm³/mol. The third kappa shape index (κ3) is 3.35. The van der Waals surface area contributed by atoms with Gasteiger partial charge >= 0.3 is 5.97 Å². The first-order chi connectivity index (χ1) is 10.4. The Hall–Kier alpha value is -1.76. The summed E-state index contributed by atoms with van der Waals surface area (Å²) in [4.78, 5) is 24.4. The Labute approximate surface area is 134 Å². The zero-order valence-electron chi connectivity index (χ0n) is 11.8. The van der Waals surface area contributed by atoms with E-state index in [1.165, 1.54) is 0 Å². The summed E-state index contributed by atoms with van der Waals surface area (Å²) in [5.41, 5.74) is 4.96. The molecule has 0 saturated heterocycles. The molecule has 2 rings (SSSR count). The van der Waals surface area contributed by atoms with Gasteiger partial charge in [-0.05, 0) is 53.7 Å². The van der Waals surface area contributed by atoms with Gasteiger partial charge in [-0.25, -0.2) is 13.6 Å². The van der Waals surface area contributed by atoms with Crippen LogP contribution in [-0.2, 0) is 9.53 Å². The SMILES string of the molecule is CCOC(=O)C(C(=O)c1cc(F)c(Br)cc1F)=C(N)C1CC1. The van der Waals surface area contributed by atoms with Crippen molar-refractivity contribution in [1.29, 1.82) is 0 Å². The minimum absolute atomic E-state index is 0.0464. The van der Waals surface area contributed by atoms with Crippen LogP contribution in [0, 0.1) is 17.6 Å². The van der Waals surface area contributed by atoms with Crippen molar-refractivity contribution in [1.82, 2.24) is 0 Å². The van der Waals surface area contributed by atoms with E-state index in [4.69, 9.17) is 10.5 Å². The van der Waals surface area contributed by atoms with Crippen LogP contribution in [-0.4, -0.2) is 18.4 Å². The highest BCUT2D eigenvalue weighted by Crippen LogP contribution is 2.36. The van der Waals surface area contributed by atoms with Gasteiger partial charge in [-0.3, -0.25) is 4.79 Å². The molecular weight excluding hydrogens is 360 g/mol. The van der Waals surface area contributed by atoms with Gasteiger partial charge in [0.15, 0.2) is 0 Å². The molecule has 0 heterocycles. The van der Waals surface area contributed by atoms with Crippen LogP contribution in [0.3, 0.4) is 0 Å². The third-order valence-corrected chi connectivity index (χ3v) is 3.87. The number of nitrogens with two attached hydrogens (primary N) is 1. The van der Waals surface area contributed by atoms with E-state index in [1.54, 1.807) is 6.92 Å². The van der Waals surface area contributed by atoms with Crippen molar-refractivity contribution in [3.63, 3.8) is 0 Å². The summed E-state index contributed by atoms with van der Waals surface area (Å²) in [5.74, 6) is -3.72. The third-order valence-electron chi connectivity index (χ3n) is 3.27. The Morgan fingerprint density at radius 3 is 2.50 bits per heavy atom. The molecule has 0 radical (unpaired) electrons. The molecule has 1 saturated carbocycles. The zero-order chi connectivity index (χ0) is 16.4. The number of carbonyl (C=O) groups is 2. The zero-order valence-corrected chi connectivity index (χ0v) is 13.4. The van der Waals surface area contributed by atoms with E-state index in [1.807, 2.05) is 0 Å². The Morgan fingerprint density at radius 1 is 1.32 bits per heavy atom. The van der Waals surface area contributed by atoms with Crippen LogP contribution in [0.4, 0.5) is 8.78 Å². The number of rotatable bonds is 5. The van der Waals surface area contributed by atoms with Crippen LogP contribution in [0.2, 0.25) is 0 Å². The van der Waals surface area contributed by atoms with E-state index in [-0.39, 0.29) is 22.7 Å². The molecule has 0 aromatic heterocycles. The summed E-state index contributed by atoms with van der Waals surface area (Å²) in [6, 6.07) is 1.57. The Kier molecular flexibility index (Phi) is 4.95. The van der Waals surface area contributed by atoms with Crippen molar-refractivity contribution in [2.75, 3.05) is 6.61 Å². The van der Waals surface area contributed by atoms with E-state index in [0.717, 1.165) is 25.0 Å². The number of benzene rings is 1. The standard InChI is InChI=1S/C15H14BrF2NO3/c1-2-22-15(21)12(13(19)7-3-4-7)14(20)8-5-11(18)9(16)6-10(8)17/h5-7H,2-4,19H2,1H3. The highest BCUT2D eigenvalue weighted by molar-refractivity contribution is 9.10. The van der Waals surface area contributed by atoms with Crippen LogP contribution in [0.5, 0.6) is 0 Å². The number of ether oxygens (including phenoxy) is 1. The van der Waals surface area contributed by atoms with E-state index in [2.05, 4.69) is 15.9 Å². The number of hydrogen-bond donors (Lipinski definition) is 1. The fourth-order valence-corrected chi connectivity index (χ4v) is 2.29. The summed E-state index contributed by atoms with van der Waals surface area (Å²) in [7, 11) is 0. The second-order valence-electron chi connectivity index (χ2n) is 4.90. The molecule has 22 heavy (non-hydrogen) atoms. The second kappa shape index (κ2) is 6.56. The van der Waals surface area contributed by atoms with Gasteiger partial charge < -0.3 is 10.5 Å². The number of carbonyl (C=O) groups excluding carboxylic acids is 2. The minimum Gasteiger partial charge on any atom is -0.462 e. The Morgan fingerprint density at radius 2 is 1.95 bits per heavy atom. The molecule has 1 fully saturated rings. The number of esters is 1. The lowest BCUT2D eigenvalue weighted by atomic mass is 9.99. The molecule has 0 atom stereocenters. The van der Waals surface area contributed by atoms with Crippen molar-refractivity contribution in [3.05, 3.63) is 45.1 Å². The smallest absolute Gasteiger partial charge is 0.343 e. The molecule has 0 amide bonds. The maximum Gasteiger partial charge on any atom is 0.343 e. The molecular formula is C15H14BrF2NO3. The van der Waals surface area contributed by atoms with E-state index in [9.17, 15) is 18.4 Å². The molecule has 4 nitrogen and oxygen atoms in total. The van der Waals surface area contributed by atoms with Gasteiger partial charge in [0, 0.05) is 5.70 Å². The number of Topliss-reactive ketones (excluding diaryl/α,β-unsaturated/α-hetero) is 1. The number of ketones is 1. The average molecular weight is 374 g/mol. The molecule has 118 valence electrons. The predicted octanol–water partition coefficient (Wildman–Crippen LogP) is 3.10. The fourth-order valence-electron chi connectivity index (χ4n) is 1.97. The van der Waals surface area contributed by atoms with Crippen LogP contribution in [0.15, 0.2) is 27.9 Å². The molecule has 1 aliphatic carbocycles. The van der Waals surface area contributed by atoms with Crippen LogP contribution < -0.4 is 5.73 Å². The first-order valence-corrected chi connectivity index (χ1v) is 7.52. The van der Waals surface area contributed by atoms with Crippen LogP contribution >= 0.6 is 15.9 Å². The summed E-state index contributed by atoms with van der Waals surface area (Å²) in [5, 5.41) is 0. The quantitative estimate of drug-likeness (QED) is 0.215. The van der Waals surface area contributed by atoms with Gasteiger partial charge in [0.05, 0.1) is 16.6 Å². The van der Waals surface area contributed by atoms with Gasteiger partial charge in [-0.15, -0.1) is 0 Å². The largest absolute Gasteiger partial charge is 0.462 e. The fraction of sp³-hybridized carbons (Fsp3) is 0.333. The first kappa shape index (κ1) is 16.6. The lowest BCUT2D eigenvalue weighted by molar-refractivity contribution is -0.138. The van der Waals surface area contributed by atoms with Gasteiger partial charge in [0.2, 0.25) is 5.78 Å². The summed E-state index contributed by atoms with van der Waals surface area (Å²) >= 11 is 2.83. The second-order valence-corrected chi connectivity index (χ2v) is 5.75. The van der Waals surface area contributed by atoms with Gasteiger partial charge in [0.1, 0.15) is 17.2 Å². The van der Waals surface area contributed by atoms with Crippen molar-refractivity contribution < 1.29 is 23.1 Å². The molecule has 0 spiro atoms. The van der Waals surface area contributed by atoms with Crippen molar-refractivity contribution >= 4 is 27.7 Å². The molecule has 1 aromatic rings. The van der Waals surface area contributed by atoms with Gasteiger partial charge in [0.25, 0.3) is 0 Å². The monoisotopic (exact) mass is 373 g/mol. The van der Waals surface area contributed by atoms with Crippen LogP contribution in [0.25, 0.3) is 0 Å². The van der Waals surface area contributed by atoms with E-state index < -0.39 is 34.5 Å². The summed E-state index contributed by atoms with van der Waals surface area (Å²) in [6.45, 7) is 1.62. The molecule has 2 N–H and O–H groups in total. The number of halogens is 3. The highest BCUT2D eigenvalue weighted by atomic mass is 79.9. The number of hydrogen-bond acceptors (Lipinski definition) is 4. The van der Waals surface area contributed by atoms with Crippen molar-refractivity contribution in [2.24, 2.45) is 11.7 Å². The molecule has 0 unspecified atom stereocenters. The molecule has 1 aromatic carbocycles. The Bertz CT molecular complexity index is 669. The highest BCUT2D eigenvalue weighted by Gasteiger charge is 2.34. The molecule has 1 aliphatic rings. The minimum atomic E-state index is -0.966. The van der Waals surface area contributed by atoms with Crippen molar-refractivity contribution in [2.45, 2.75) is 19.8 Å². The topological polar surface area (TPSA) is 69.4 Å². The average Bonchev–Trinajstić information content (AvgIpc) is 3.27. The summed E-state index contributed by atoms with van der Waals surface area (Å²) in [6.07, 6.45) is 1.50. The van der Waals surface area contributed by atoms with Crippen LogP contribution in [0.1, 0.15) is 30.1 Å². The molecule has 0 aliphatic heterocycles. The maximum atomic E-state index is 13.9. The molecule has 0 bridgehead atoms. The van der Waals surface area contributed by atoms with E-state index in [0.29, 0.717) is 0 Å². The van der Waals surface area contributed by atoms with E-state index >= 15 is 0 Å². The summed E-state index contributed by atoms with van der Waals surface area (Å²) < 4.78 is 32.2. The molecule has 7 heteroatoms. The Balaban J connectivity index is 2.48. The first-order valence-electron chi connectivity index (χ1n) is 6.72. The normalized spacial score (nSPS) is 15.3. The van der Waals surface area contributed by atoms with Crippen molar-refractivity contribution in [3.8, 4) is 0 Å². The lowest BCUT2D eigenvalue weighted by Crippen LogP contribution is -2.23. The van der Waals surface area contributed by atoms with Gasteiger partial charge in [-0.1, -0.05) is 0 Å². The maximum absolute atomic E-state index is 13.9. The number of allylic oxidation sites excluding steroid dienone is 1. The van der Waals surface area contributed by atoms with Gasteiger partial charge in [-0.2, -0.15) is 0 Å². The lowest BCUT2D eigenvalue weighted by Gasteiger charge is -2.11.